The first-order valence-electron chi connectivity index (χ1n) is 8.57. The monoisotopic (exact) mass is 393 g/mol. The molecule has 0 spiro atoms. The maximum atomic E-state index is 12.0. The van der Waals surface area contributed by atoms with Crippen LogP contribution in [0.1, 0.15) is 24.5 Å². The summed E-state index contributed by atoms with van der Waals surface area (Å²) in [6.07, 6.45) is 2.90. The van der Waals surface area contributed by atoms with Crippen molar-refractivity contribution in [1.29, 1.82) is 0 Å². The lowest BCUT2D eigenvalue weighted by molar-refractivity contribution is -0.142. The van der Waals surface area contributed by atoms with Gasteiger partial charge < -0.3 is 19.6 Å². The van der Waals surface area contributed by atoms with Crippen LogP contribution in [0.15, 0.2) is 27.4 Å². The third kappa shape index (κ3) is 5.26. The zero-order valence-corrected chi connectivity index (χ0v) is 16.4. The second kappa shape index (κ2) is 9.45. The minimum absolute atomic E-state index is 0.326. The van der Waals surface area contributed by atoms with Crippen LogP contribution in [0.25, 0.3) is 11.0 Å². The summed E-state index contributed by atoms with van der Waals surface area (Å²) < 4.78 is 10.8. The van der Waals surface area contributed by atoms with E-state index in [1.54, 1.807) is 19.1 Å². The molecule has 146 valence electrons. The highest BCUT2D eigenvalue weighted by atomic mass is 32.2. The summed E-state index contributed by atoms with van der Waals surface area (Å²) in [5.41, 5.74) is 1.49. The minimum atomic E-state index is -1.08. The van der Waals surface area contributed by atoms with Gasteiger partial charge in [-0.1, -0.05) is 6.92 Å². The molecule has 1 amide bonds. The van der Waals surface area contributed by atoms with Crippen molar-refractivity contribution in [3.05, 3.63) is 39.7 Å². The second-order valence-electron chi connectivity index (χ2n) is 6.04. The lowest BCUT2D eigenvalue weighted by atomic mass is 10.0. The zero-order chi connectivity index (χ0) is 20.0. The van der Waals surface area contributed by atoms with Gasteiger partial charge in [-0.3, -0.25) is 4.79 Å². The van der Waals surface area contributed by atoms with Crippen LogP contribution in [-0.2, 0) is 16.0 Å². The van der Waals surface area contributed by atoms with E-state index in [0.29, 0.717) is 35.5 Å². The van der Waals surface area contributed by atoms with Gasteiger partial charge in [0, 0.05) is 17.0 Å². The van der Waals surface area contributed by atoms with Crippen molar-refractivity contribution in [2.75, 3.05) is 18.6 Å². The molecule has 0 aliphatic carbocycles. The summed E-state index contributed by atoms with van der Waals surface area (Å²) in [6.45, 7) is 3.37. The highest BCUT2D eigenvalue weighted by Gasteiger charge is 2.20. The first-order chi connectivity index (χ1) is 12.9. The molecule has 0 saturated heterocycles. The number of carbonyl (C=O) groups excluding carboxylic acids is 1. The smallest absolute Gasteiger partial charge is 0.336 e. The lowest BCUT2D eigenvalue weighted by Crippen LogP contribution is -2.43. The number of nitrogens with one attached hydrogen (secondary N) is 1. The summed E-state index contributed by atoms with van der Waals surface area (Å²) in [6, 6.07) is 4.02. The summed E-state index contributed by atoms with van der Waals surface area (Å²) in [4.78, 5) is 35.0. The van der Waals surface area contributed by atoms with Crippen LogP contribution in [0.2, 0.25) is 0 Å². The standard InChI is InChI=1S/C19H23NO6S/c1-4-12-9-17(22)26-18-11(2)15(6-5-13(12)18)25-10-16(21)20-14(19(23)24)7-8-27-3/h5-6,9,14H,4,7-8,10H2,1-3H3,(H,20,21)(H,23,24). The number of hydrogen-bond acceptors (Lipinski definition) is 6. The van der Waals surface area contributed by atoms with Crippen molar-refractivity contribution >= 4 is 34.6 Å². The molecule has 0 saturated carbocycles. The number of hydrogen-bond donors (Lipinski definition) is 2. The molecule has 1 aromatic carbocycles. The van der Waals surface area contributed by atoms with Crippen molar-refractivity contribution in [3.8, 4) is 5.75 Å². The Morgan fingerprint density at radius 2 is 2.11 bits per heavy atom. The summed E-state index contributed by atoms with van der Waals surface area (Å²) >= 11 is 1.51. The normalized spacial score (nSPS) is 12.0. The van der Waals surface area contributed by atoms with Gasteiger partial charge >= 0.3 is 11.6 Å². The molecule has 0 bridgehead atoms. The van der Waals surface area contributed by atoms with E-state index in [2.05, 4.69) is 5.32 Å². The Bertz CT molecular complexity index is 892. The number of carbonyl (C=O) groups is 2. The lowest BCUT2D eigenvalue weighted by Gasteiger charge is -2.15. The van der Waals surface area contributed by atoms with Crippen molar-refractivity contribution < 1.29 is 23.8 Å². The van der Waals surface area contributed by atoms with Crippen molar-refractivity contribution in [3.63, 3.8) is 0 Å². The van der Waals surface area contributed by atoms with E-state index in [1.807, 2.05) is 13.2 Å². The van der Waals surface area contributed by atoms with Crippen molar-refractivity contribution in [2.45, 2.75) is 32.7 Å². The Kier molecular flexibility index (Phi) is 7.29. The van der Waals surface area contributed by atoms with Crippen LogP contribution in [0.3, 0.4) is 0 Å². The Labute approximate surface area is 161 Å². The van der Waals surface area contributed by atoms with E-state index >= 15 is 0 Å². The SMILES string of the molecule is CCc1cc(=O)oc2c(C)c(OCC(=O)NC(CCSC)C(=O)O)ccc12. The van der Waals surface area contributed by atoms with Gasteiger partial charge in [-0.2, -0.15) is 11.8 Å². The average molecular weight is 393 g/mol. The summed E-state index contributed by atoms with van der Waals surface area (Å²) in [7, 11) is 0. The van der Waals surface area contributed by atoms with Gasteiger partial charge in [0.15, 0.2) is 6.61 Å². The molecule has 1 aromatic heterocycles. The number of aryl methyl sites for hydroxylation is 2. The van der Waals surface area contributed by atoms with Gasteiger partial charge in [-0.25, -0.2) is 9.59 Å². The minimum Gasteiger partial charge on any atom is -0.483 e. The molecule has 27 heavy (non-hydrogen) atoms. The molecule has 0 aliphatic heterocycles. The van der Waals surface area contributed by atoms with E-state index in [9.17, 15) is 14.4 Å². The molecular formula is C19H23NO6S. The fourth-order valence-electron chi connectivity index (χ4n) is 2.73. The van der Waals surface area contributed by atoms with E-state index in [0.717, 1.165) is 10.9 Å². The molecule has 2 rings (SSSR count). The van der Waals surface area contributed by atoms with Gasteiger partial charge in [0.2, 0.25) is 0 Å². The molecule has 0 radical (unpaired) electrons. The highest BCUT2D eigenvalue weighted by Crippen LogP contribution is 2.28. The van der Waals surface area contributed by atoms with Crippen LogP contribution in [0, 0.1) is 6.92 Å². The highest BCUT2D eigenvalue weighted by molar-refractivity contribution is 7.98. The van der Waals surface area contributed by atoms with Gasteiger partial charge in [0.1, 0.15) is 17.4 Å². The number of carboxylic acid groups (broad SMARTS) is 1. The Hall–Kier alpha value is -2.48. The number of benzene rings is 1. The van der Waals surface area contributed by atoms with E-state index < -0.39 is 23.5 Å². The molecule has 0 aliphatic rings. The number of ether oxygens (including phenoxy) is 1. The van der Waals surface area contributed by atoms with Crippen LogP contribution >= 0.6 is 11.8 Å². The maximum Gasteiger partial charge on any atom is 0.336 e. The number of thioether (sulfide) groups is 1. The second-order valence-corrected chi connectivity index (χ2v) is 7.02. The van der Waals surface area contributed by atoms with Crippen LogP contribution in [-0.4, -0.2) is 41.6 Å². The predicted molar refractivity (Wildman–Crippen MR) is 105 cm³/mol. The number of fused-ring (bicyclic) bond motifs is 1. The van der Waals surface area contributed by atoms with Crippen molar-refractivity contribution in [1.82, 2.24) is 5.32 Å². The maximum absolute atomic E-state index is 12.0. The fraction of sp³-hybridized carbons (Fsp3) is 0.421. The van der Waals surface area contributed by atoms with Gasteiger partial charge in [0.05, 0.1) is 0 Å². The molecular weight excluding hydrogens is 370 g/mol. The summed E-state index contributed by atoms with van der Waals surface area (Å²) in [5, 5.41) is 12.4. The number of carboxylic acids is 1. The predicted octanol–water partition coefficient (Wildman–Crippen LogP) is 2.37. The van der Waals surface area contributed by atoms with Crippen LogP contribution in [0.5, 0.6) is 5.75 Å². The zero-order valence-electron chi connectivity index (χ0n) is 15.5. The molecule has 0 fully saturated rings. The molecule has 7 nitrogen and oxygen atoms in total. The molecule has 8 heteroatoms. The third-order valence-corrected chi connectivity index (χ3v) is 4.82. The molecule has 2 aromatic rings. The topological polar surface area (TPSA) is 106 Å². The quantitative estimate of drug-likeness (QED) is 0.630. The third-order valence-electron chi connectivity index (χ3n) is 4.18. The summed E-state index contributed by atoms with van der Waals surface area (Å²) in [5.74, 6) is -0.564. The van der Waals surface area contributed by atoms with E-state index in [1.165, 1.54) is 17.8 Å². The van der Waals surface area contributed by atoms with Crippen molar-refractivity contribution in [2.24, 2.45) is 0 Å². The fourth-order valence-corrected chi connectivity index (χ4v) is 3.20. The van der Waals surface area contributed by atoms with Gasteiger partial charge in [-0.05, 0) is 49.5 Å². The molecule has 1 unspecified atom stereocenters. The van der Waals surface area contributed by atoms with E-state index in [4.69, 9.17) is 14.3 Å². The average Bonchev–Trinajstić information content (AvgIpc) is 2.64. The van der Waals surface area contributed by atoms with Crippen LogP contribution in [0.4, 0.5) is 0 Å². The first kappa shape index (κ1) is 20.8. The van der Waals surface area contributed by atoms with Crippen LogP contribution < -0.4 is 15.7 Å². The molecule has 2 N–H and O–H groups in total. The van der Waals surface area contributed by atoms with Gasteiger partial charge in [-0.15, -0.1) is 0 Å². The Balaban J connectivity index is 2.12. The number of rotatable bonds is 9. The van der Waals surface area contributed by atoms with E-state index in [-0.39, 0.29) is 6.61 Å². The number of aliphatic carboxylic acids is 1. The Morgan fingerprint density at radius 3 is 2.74 bits per heavy atom. The molecule has 1 atom stereocenters. The molecule has 1 heterocycles. The van der Waals surface area contributed by atoms with Gasteiger partial charge in [0.25, 0.3) is 5.91 Å². The first-order valence-corrected chi connectivity index (χ1v) is 9.97. The Morgan fingerprint density at radius 1 is 1.37 bits per heavy atom. The largest absolute Gasteiger partial charge is 0.483 e. The number of amides is 1.